The van der Waals surface area contributed by atoms with Gasteiger partial charge < -0.3 is 0 Å². The molecule has 0 saturated carbocycles. The minimum absolute atomic E-state index is 0.793. The van der Waals surface area contributed by atoms with Gasteiger partial charge in [0, 0.05) is 11.4 Å². The van der Waals surface area contributed by atoms with Gasteiger partial charge >= 0.3 is 0 Å². The van der Waals surface area contributed by atoms with Crippen LogP contribution in [0.2, 0.25) is 0 Å². The highest BCUT2D eigenvalue weighted by Crippen LogP contribution is 2.39. The van der Waals surface area contributed by atoms with Crippen molar-refractivity contribution < 1.29 is 0 Å². The van der Waals surface area contributed by atoms with Crippen molar-refractivity contribution >= 4 is 43.1 Å². The molecule has 0 N–H and O–H groups in total. The Morgan fingerprint density at radius 3 is 2.42 bits per heavy atom. The van der Waals surface area contributed by atoms with Crippen molar-refractivity contribution in [3.05, 3.63) is 41.7 Å². The lowest BCUT2D eigenvalue weighted by Crippen LogP contribution is -1.90. The summed E-state index contributed by atoms with van der Waals surface area (Å²) in [7, 11) is 3.18. The first-order valence-electron chi connectivity index (χ1n) is 5.73. The molecule has 96 valence electrons. The molecule has 3 rings (SSSR count). The maximum absolute atomic E-state index is 4.58. The third kappa shape index (κ3) is 3.08. The number of benzene rings is 1. The van der Waals surface area contributed by atoms with Crippen LogP contribution in [0.3, 0.4) is 0 Å². The molecule has 0 radical (unpaired) electrons. The fourth-order valence-corrected chi connectivity index (χ4v) is 4.82. The average molecular weight is 305 g/mol. The Morgan fingerprint density at radius 2 is 1.68 bits per heavy atom. The van der Waals surface area contributed by atoms with Crippen molar-refractivity contribution in [1.29, 1.82) is 0 Å². The molecule has 3 aromatic rings. The zero-order chi connectivity index (χ0) is 13.2. The van der Waals surface area contributed by atoms with Crippen molar-refractivity contribution in [3.8, 4) is 0 Å². The van der Waals surface area contributed by atoms with Crippen LogP contribution < -0.4 is 0 Å². The van der Waals surface area contributed by atoms with Crippen LogP contribution in [0, 0.1) is 13.8 Å². The molecule has 0 spiro atoms. The highest BCUT2D eigenvalue weighted by molar-refractivity contribution is 8.77. The summed E-state index contributed by atoms with van der Waals surface area (Å²) in [4.78, 5) is 13.4. The standard InChI is InChI=1S/C13H11N3S3/c1-8-7-9(2)15-12(14-8)18-19-13-16-10-5-3-4-6-11(10)17-13/h3-7H,1-2H3. The highest BCUT2D eigenvalue weighted by atomic mass is 33.1. The van der Waals surface area contributed by atoms with E-state index < -0.39 is 0 Å². The quantitative estimate of drug-likeness (QED) is 0.526. The Bertz CT molecular complexity index is 671. The lowest BCUT2D eigenvalue weighted by atomic mass is 10.3. The van der Waals surface area contributed by atoms with Crippen LogP contribution in [0.4, 0.5) is 0 Å². The zero-order valence-electron chi connectivity index (χ0n) is 10.5. The Hall–Kier alpha value is -1.11. The summed E-state index contributed by atoms with van der Waals surface area (Å²) in [6.07, 6.45) is 0. The summed E-state index contributed by atoms with van der Waals surface area (Å²) >= 11 is 1.70. The SMILES string of the molecule is Cc1cc(C)nc(SSc2nc3ccccc3s2)n1. The van der Waals surface area contributed by atoms with E-state index in [1.54, 1.807) is 32.9 Å². The molecule has 6 heteroatoms. The van der Waals surface area contributed by atoms with Gasteiger partial charge in [0.25, 0.3) is 0 Å². The number of aryl methyl sites for hydroxylation is 2. The van der Waals surface area contributed by atoms with Crippen molar-refractivity contribution in [3.63, 3.8) is 0 Å². The molecule has 1 aromatic carbocycles. The topological polar surface area (TPSA) is 38.7 Å². The first-order chi connectivity index (χ1) is 9.20. The summed E-state index contributed by atoms with van der Waals surface area (Å²) < 4.78 is 2.25. The van der Waals surface area contributed by atoms with Gasteiger partial charge in [-0.3, -0.25) is 0 Å². The van der Waals surface area contributed by atoms with Crippen molar-refractivity contribution in [2.45, 2.75) is 23.3 Å². The van der Waals surface area contributed by atoms with E-state index in [0.717, 1.165) is 26.4 Å². The molecule has 0 aliphatic carbocycles. The van der Waals surface area contributed by atoms with Crippen molar-refractivity contribution in [2.75, 3.05) is 0 Å². The maximum atomic E-state index is 4.58. The second kappa shape index (κ2) is 5.48. The molecule has 3 nitrogen and oxygen atoms in total. The van der Waals surface area contributed by atoms with E-state index in [9.17, 15) is 0 Å². The summed E-state index contributed by atoms with van der Waals surface area (Å²) in [6.45, 7) is 3.97. The fourth-order valence-electron chi connectivity index (χ4n) is 1.69. The third-order valence-electron chi connectivity index (χ3n) is 2.42. The summed E-state index contributed by atoms with van der Waals surface area (Å²) in [5.41, 5.74) is 3.05. The zero-order valence-corrected chi connectivity index (χ0v) is 12.9. The van der Waals surface area contributed by atoms with Crippen LogP contribution >= 0.6 is 32.9 Å². The number of aromatic nitrogens is 3. The first-order valence-corrected chi connectivity index (χ1v) is 8.70. The average Bonchev–Trinajstić information content (AvgIpc) is 2.78. The van der Waals surface area contributed by atoms with Gasteiger partial charge in [0.1, 0.15) is 0 Å². The normalized spacial score (nSPS) is 11.1. The number of hydrogen-bond acceptors (Lipinski definition) is 6. The van der Waals surface area contributed by atoms with E-state index in [0.29, 0.717) is 0 Å². The molecule has 0 fully saturated rings. The molecular weight excluding hydrogens is 294 g/mol. The maximum Gasteiger partial charge on any atom is 0.199 e. The van der Waals surface area contributed by atoms with Crippen LogP contribution in [0.1, 0.15) is 11.4 Å². The summed E-state index contributed by atoms with van der Waals surface area (Å²) in [6, 6.07) is 10.2. The van der Waals surface area contributed by atoms with Crippen LogP contribution in [-0.4, -0.2) is 15.0 Å². The molecule has 0 saturated heterocycles. The minimum atomic E-state index is 0.793. The van der Waals surface area contributed by atoms with E-state index in [4.69, 9.17) is 0 Å². The molecule has 2 aromatic heterocycles. The highest BCUT2D eigenvalue weighted by Gasteiger charge is 2.07. The van der Waals surface area contributed by atoms with Gasteiger partial charge in [-0.05, 0) is 53.6 Å². The molecule has 2 heterocycles. The van der Waals surface area contributed by atoms with Gasteiger partial charge in [-0.1, -0.05) is 12.1 Å². The van der Waals surface area contributed by atoms with E-state index >= 15 is 0 Å². The van der Waals surface area contributed by atoms with Crippen LogP contribution in [-0.2, 0) is 0 Å². The van der Waals surface area contributed by atoms with Gasteiger partial charge in [0.05, 0.1) is 10.2 Å². The Balaban J connectivity index is 1.78. The molecular formula is C13H11N3S3. The first kappa shape index (κ1) is 12.9. The van der Waals surface area contributed by atoms with Gasteiger partial charge in [-0.15, -0.1) is 11.3 Å². The lowest BCUT2D eigenvalue weighted by molar-refractivity contribution is 0.907. The smallest absolute Gasteiger partial charge is 0.199 e. The second-order valence-electron chi connectivity index (χ2n) is 4.05. The van der Waals surface area contributed by atoms with Gasteiger partial charge in [-0.25, -0.2) is 15.0 Å². The number of nitrogens with zero attached hydrogens (tertiary/aromatic N) is 3. The largest absolute Gasteiger partial charge is 0.229 e. The van der Waals surface area contributed by atoms with Crippen LogP contribution in [0.15, 0.2) is 39.8 Å². The third-order valence-corrected chi connectivity index (χ3v) is 5.89. The molecule has 0 aliphatic rings. The molecule has 0 unspecified atom stereocenters. The Morgan fingerprint density at radius 1 is 0.947 bits per heavy atom. The molecule has 0 amide bonds. The van der Waals surface area contributed by atoms with E-state index in [1.807, 2.05) is 38.1 Å². The number of thiazole rings is 1. The predicted octanol–water partition coefficient (Wildman–Crippen LogP) is 4.50. The monoisotopic (exact) mass is 305 g/mol. The van der Waals surface area contributed by atoms with Crippen LogP contribution in [0.25, 0.3) is 10.2 Å². The number of para-hydroxylation sites is 1. The van der Waals surface area contributed by atoms with E-state index in [1.165, 1.54) is 4.70 Å². The van der Waals surface area contributed by atoms with Gasteiger partial charge in [0.15, 0.2) is 9.50 Å². The van der Waals surface area contributed by atoms with Crippen molar-refractivity contribution in [2.24, 2.45) is 0 Å². The molecule has 0 bridgehead atoms. The van der Waals surface area contributed by atoms with E-state index in [2.05, 4.69) is 21.0 Å². The Labute approximate surface area is 123 Å². The van der Waals surface area contributed by atoms with Crippen molar-refractivity contribution in [1.82, 2.24) is 15.0 Å². The predicted molar refractivity (Wildman–Crippen MR) is 82.8 cm³/mol. The molecule has 19 heavy (non-hydrogen) atoms. The lowest BCUT2D eigenvalue weighted by Gasteiger charge is -2.00. The second-order valence-corrected chi connectivity index (χ2v) is 7.42. The van der Waals surface area contributed by atoms with E-state index in [-0.39, 0.29) is 0 Å². The van der Waals surface area contributed by atoms with Crippen LogP contribution in [0.5, 0.6) is 0 Å². The Kier molecular flexibility index (Phi) is 3.72. The van der Waals surface area contributed by atoms with Gasteiger partial charge in [0.2, 0.25) is 0 Å². The number of fused-ring (bicyclic) bond motifs is 1. The number of rotatable bonds is 3. The molecule has 0 atom stereocenters. The minimum Gasteiger partial charge on any atom is -0.229 e. The molecule has 0 aliphatic heterocycles. The fraction of sp³-hybridized carbons (Fsp3) is 0.154. The summed E-state index contributed by atoms with van der Waals surface area (Å²) in [5, 5.41) is 0.793. The summed E-state index contributed by atoms with van der Waals surface area (Å²) in [5.74, 6) is 0. The number of hydrogen-bond donors (Lipinski definition) is 0. The van der Waals surface area contributed by atoms with Gasteiger partial charge in [-0.2, -0.15) is 0 Å².